The number of nitrogens with one attached hydrogen (secondary N) is 2. The van der Waals surface area contributed by atoms with Crippen molar-refractivity contribution in [3.8, 4) is 0 Å². The summed E-state index contributed by atoms with van der Waals surface area (Å²) in [5.41, 5.74) is 7.04. The van der Waals surface area contributed by atoms with Gasteiger partial charge in [0, 0.05) is 18.3 Å². The van der Waals surface area contributed by atoms with Gasteiger partial charge in [-0.3, -0.25) is 9.59 Å². The van der Waals surface area contributed by atoms with Gasteiger partial charge in [0.25, 0.3) is 5.91 Å². The molecule has 19 heavy (non-hydrogen) atoms. The van der Waals surface area contributed by atoms with Crippen molar-refractivity contribution in [3.63, 3.8) is 0 Å². The minimum Gasteiger partial charge on any atom is -0.355 e. The molecule has 1 aliphatic carbocycles. The number of amides is 2. The average molecular weight is 284 g/mol. The normalized spacial score (nSPS) is 15.1. The molecule has 1 aromatic rings. The van der Waals surface area contributed by atoms with Crippen molar-refractivity contribution in [2.24, 2.45) is 5.73 Å². The third-order valence-corrected chi connectivity index (χ3v) is 3.29. The van der Waals surface area contributed by atoms with Gasteiger partial charge in [-0.15, -0.1) is 12.4 Å². The molecule has 1 aliphatic rings. The molecule has 6 heteroatoms. The largest absolute Gasteiger partial charge is 0.355 e. The third-order valence-electron chi connectivity index (χ3n) is 3.29. The van der Waals surface area contributed by atoms with Crippen LogP contribution in [0, 0.1) is 6.92 Å². The highest BCUT2D eigenvalue weighted by Gasteiger charge is 2.46. The molecule has 4 N–H and O–H groups in total. The summed E-state index contributed by atoms with van der Waals surface area (Å²) in [4.78, 5) is 23.5. The maximum atomic E-state index is 11.9. The van der Waals surface area contributed by atoms with Gasteiger partial charge in [-0.05, 0) is 37.5 Å². The highest BCUT2D eigenvalue weighted by atomic mass is 35.5. The molecule has 5 nitrogen and oxygen atoms in total. The van der Waals surface area contributed by atoms with E-state index in [1.165, 1.54) is 0 Å². The van der Waals surface area contributed by atoms with E-state index >= 15 is 0 Å². The molecule has 2 amide bonds. The molecule has 0 atom stereocenters. The third kappa shape index (κ3) is 3.05. The molecule has 1 saturated carbocycles. The first-order chi connectivity index (χ1) is 8.48. The van der Waals surface area contributed by atoms with E-state index in [1.807, 2.05) is 0 Å². The van der Waals surface area contributed by atoms with E-state index in [-0.39, 0.29) is 24.2 Å². The van der Waals surface area contributed by atoms with Crippen molar-refractivity contribution in [2.75, 3.05) is 12.4 Å². The molecule has 0 aromatic heterocycles. The highest BCUT2D eigenvalue weighted by Crippen LogP contribution is 2.33. The number of hydrogen-bond donors (Lipinski definition) is 3. The van der Waals surface area contributed by atoms with Crippen LogP contribution in [0.4, 0.5) is 5.69 Å². The molecule has 2 rings (SSSR count). The minimum absolute atomic E-state index is 0. The molecule has 1 aromatic carbocycles. The van der Waals surface area contributed by atoms with E-state index in [2.05, 4.69) is 10.6 Å². The molecule has 1 fully saturated rings. The van der Waals surface area contributed by atoms with Crippen LogP contribution in [0.15, 0.2) is 18.2 Å². The Kier molecular flexibility index (Phi) is 4.55. The molecular formula is C13H18ClN3O2. The standard InChI is InChI=1S/C13H17N3O2.ClH/c1-8-9(11(17)15-2)4-3-5-10(8)16-12(18)13(14)6-7-13;/h3-5H,6-7,14H2,1-2H3,(H,15,17)(H,16,18);1H. The Hall–Kier alpha value is -1.59. The van der Waals surface area contributed by atoms with Gasteiger partial charge in [0.05, 0.1) is 5.54 Å². The number of halogens is 1. The van der Waals surface area contributed by atoms with E-state index < -0.39 is 5.54 Å². The molecule has 0 spiro atoms. The summed E-state index contributed by atoms with van der Waals surface area (Å²) in [5, 5.41) is 5.36. The van der Waals surface area contributed by atoms with Crippen LogP contribution in [0.3, 0.4) is 0 Å². The second-order valence-corrected chi connectivity index (χ2v) is 4.67. The molecule has 0 heterocycles. The van der Waals surface area contributed by atoms with Gasteiger partial charge >= 0.3 is 0 Å². The van der Waals surface area contributed by atoms with Gasteiger partial charge in [-0.2, -0.15) is 0 Å². The number of hydrogen-bond acceptors (Lipinski definition) is 3. The number of anilines is 1. The quantitative estimate of drug-likeness (QED) is 0.779. The van der Waals surface area contributed by atoms with Gasteiger partial charge in [0.15, 0.2) is 0 Å². The van der Waals surface area contributed by atoms with E-state index in [0.29, 0.717) is 24.1 Å². The maximum absolute atomic E-state index is 11.9. The second-order valence-electron chi connectivity index (χ2n) is 4.67. The molecule has 0 radical (unpaired) electrons. The molecule has 0 unspecified atom stereocenters. The van der Waals surface area contributed by atoms with Crippen molar-refractivity contribution in [2.45, 2.75) is 25.3 Å². The number of carbonyl (C=O) groups is 2. The first-order valence-electron chi connectivity index (χ1n) is 5.90. The second kappa shape index (κ2) is 5.59. The van der Waals surface area contributed by atoms with Gasteiger partial charge in [-0.1, -0.05) is 6.07 Å². The minimum atomic E-state index is -0.713. The first-order valence-corrected chi connectivity index (χ1v) is 5.90. The summed E-state index contributed by atoms with van der Waals surface area (Å²) in [6.07, 6.45) is 1.43. The van der Waals surface area contributed by atoms with Crippen molar-refractivity contribution in [1.29, 1.82) is 0 Å². The Balaban J connectivity index is 0.00000180. The molecule has 0 bridgehead atoms. The lowest BCUT2D eigenvalue weighted by Gasteiger charge is -2.14. The predicted octanol–water partition coefficient (Wildman–Crippen LogP) is 1.21. The zero-order chi connectivity index (χ0) is 13.3. The van der Waals surface area contributed by atoms with Gasteiger partial charge in [-0.25, -0.2) is 0 Å². The lowest BCUT2D eigenvalue weighted by atomic mass is 10.1. The van der Waals surface area contributed by atoms with E-state index in [4.69, 9.17) is 5.73 Å². The fraction of sp³-hybridized carbons (Fsp3) is 0.385. The van der Waals surface area contributed by atoms with Gasteiger partial charge < -0.3 is 16.4 Å². The Bertz CT molecular complexity index is 513. The van der Waals surface area contributed by atoms with Crippen LogP contribution >= 0.6 is 12.4 Å². The monoisotopic (exact) mass is 283 g/mol. The molecule has 0 saturated heterocycles. The van der Waals surface area contributed by atoms with Crippen molar-refractivity contribution >= 4 is 29.9 Å². The Morgan fingerprint density at radius 1 is 1.32 bits per heavy atom. The molecule has 104 valence electrons. The Labute approximate surface area is 118 Å². The van der Waals surface area contributed by atoms with Crippen LogP contribution in [-0.4, -0.2) is 24.4 Å². The zero-order valence-corrected chi connectivity index (χ0v) is 11.8. The molecule has 0 aliphatic heterocycles. The smallest absolute Gasteiger partial charge is 0.251 e. The predicted molar refractivity (Wildman–Crippen MR) is 76.6 cm³/mol. The summed E-state index contributed by atoms with van der Waals surface area (Å²) >= 11 is 0. The zero-order valence-electron chi connectivity index (χ0n) is 10.9. The summed E-state index contributed by atoms with van der Waals surface area (Å²) in [6.45, 7) is 1.80. The summed E-state index contributed by atoms with van der Waals surface area (Å²) < 4.78 is 0. The Morgan fingerprint density at radius 3 is 2.47 bits per heavy atom. The van der Waals surface area contributed by atoms with Crippen molar-refractivity contribution < 1.29 is 9.59 Å². The van der Waals surface area contributed by atoms with E-state index in [0.717, 1.165) is 5.56 Å². The van der Waals surface area contributed by atoms with E-state index in [9.17, 15) is 9.59 Å². The van der Waals surface area contributed by atoms with Crippen LogP contribution in [0.25, 0.3) is 0 Å². The molecular weight excluding hydrogens is 266 g/mol. The van der Waals surface area contributed by atoms with Crippen LogP contribution in [0.2, 0.25) is 0 Å². The fourth-order valence-corrected chi connectivity index (χ4v) is 1.76. The number of benzene rings is 1. The van der Waals surface area contributed by atoms with Crippen LogP contribution in [0.1, 0.15) is 28.8 Å². The SMILES string of the molecule is CNC(=O)c1cccc(NC(=O)C2(N)CC2)c1C.Cl. The number of nitrogens with two attached hydrogens (primary N) is 1. The summed E-state index contributed by atoms with van der Waals surface area (Å²) in [5.74, 6) is -0.350. The lowest BCUT2D eigenvalue weighted by molar-refractivity contribution is -0.118. The Morgan fingerprint density at radius 2 is 1.95 bits per heavy atom. The lowest BCUT2D eigenvalue weighted by Crippen LogP contribution is -2.38. The van der Waals surface area contributed by atoms with E-state index in [1.54, 1.807) is 32.2 Å². The van der Waals surface area contributed by atoms with Gasteiger partial charge in [0.2, 0.25) is 5.91 Å². The number of carbonyl (C=O) groups excluding carboxylic acids is 2. The highest BCUT2D eigenvalue weighted by molar-refractivity contribution is 6.03. The van der Waals surface area contributed by atoms with Crippen molar-refractivity contribution in [3.05, 3.63) is 29.3 Å². The van der Waals surface area contributed by atoms with Crippen LogP contribution in [0.5, 0.6) is 0 Å². The van der Waals surface area contributed by atoms with Crippen molar-refractivity contribution in [1.82, 2.24) is 5.32 Å². The fourth-order valence-electron chi connectivity index (χ4n) is 1.76. The first kappa shape index (κ1) is 15.5. The van der Waals surface area contributed by atoms with Crippen LogP contribution < -0.4 is 16.4 Å². The maximum Gasteiger partial charge on any atom is 0.251 e. The van der Waals surface area contributed by atoms with Crippen LogP contribution in [-0.2, 0) is 4.79 Å². The topological polar surface area (TPSA) is 84.2 Å². The van der Waals surface area contributed by atoms with Gasteiger partial charge in [0.1, 0.15) is 0 Å². The average Bonchev–Trinajstić information content (AvgIpc) is 3.10. The number of rotatable bonds is 3. The summed E-state index contributed by atoms with van der Waals surface area (Å²) in [7, 11) is 1.58. The summed E-state index contributed by atoms with van der Waals surface area (Å²) in [6, 6.07) is 5.23.